The second-order valence-corrected chi connectivity index (χ2v) is 4.47. The van der Waals surface area contributed by atoms with Crippen LogP contribution in [-0.4, -0.2) is 25.7 Å². The van der Waals surface area contributed by atoms with Crippen LogP contribution in [0.4, 0.5) is 4.39 Å². The maximum absolute atomic E-state index is 13.5. The number of hydrogen-bond donors (Lipinski definition) is 1. The molecule has 2 nitrogen and oxygen atoms in total. The smallest absolute Gasteiger partial charge is 0.131 e. The van der Waals surface area contributed by atoms with E-state index in [-0.39, 0.29) is 5.82 Å². The lowest BCUT2D eigenvalue weighted by Crippen LogP contribution is -2.16. The first kappa shape index (κ1) is 13.3. The summed E-state index contributed by atoms with van der Waals surface area (Å²) >= 11 is 1.83. The Bertz CT molecular complexity index is 320. The van der Waals surface area contributed by atoms with Gasteiger partial charge in [-0.1, -0.05) is 6.07 Å². The largest absolute Gasteiger partial charge is 0.497 e. The van der Waals surface area contributed by atoms with Crippen LogP contribution in [0.25, 0.3) is 0 Å². The molecule has 1 aromatic rings. The molecule has 0 aliphatic heterocycles. The highest BCUT2D eigenvalue weighted by molar-refractivity contribution is 7.98. The van der Waals surface area contributed by atoms with Gasteiger partial charge in [0.1, 0.15) is 11.6 Å². The predicted octanol–water partition coefficient (Wildman–Crippen LogP) is 2.68. The summed E-state index contributed by atoms with van der Waals surface area (Å²) in [4.78, 5) is 0. The fourth-order valence-corrected chi connectivity index (χ4v) is 1.80. The lowest BCUT2D eigenvalue weighted by Gasteiger charge is -2.07. The third-order valence-electron chi connectivity index (χ3n) is 2.28. The molecule has 0 bridgehead atoms. The van der Waals surface area contributed by atoms with Crippen molar-refractivity contribution < 1.29 is 9.13 Å². The minimum absolute atomic E-state index is 0.211. The van der Waals surface area contributed by atoms with Crippen LogP contribution in [0.3, 0.4) is 0 Å². The molecule has 0 amide bonds. The summed E-state index contributed by atoms with van der Waals surface area (Å²) < 4.78 is 18.4. The minimum atomic E-state index is -0.211. The van der Waals surface area contributed by atoms with E-state index in [2.05, 4.69) is 11.6 Å². The zero-order valence-electron chi connectivity index (χ0n) is 9.75. The maximum Gasteiger partial charge on any atom is 0.131 e. The van der Waals surface area contributed by atoms with Crippen LogP contribution in [0.1, 0.15) is 12.0 Å². The summed E-state index contributed by atoms with van der Waals surface area (Å²) in [6, 6.07) is 4.95. The first-order valence-corrected chi connectivity index (χ1v) is 6.69. The maximum atomic E-state index is 13.5. The Labute approximate surface area is 101 Å². The molecule has 0 fully saturated rings. The highest BCUT2D eigenvalue weighted by Gasteiger charge is 2.02. The summed E-state index contributed by atoms with van der Waals surface area (Å²) in [7, 11) is 1.54. The van der Waals surface area contributed by atoms with Crippen molar-refractivity contribution in [3.05, 3.63) is 29.6 Å². The molecule has 0 unspecified atom stereocenters. The molecular formula is C12H18FNOS. The van der Waals surface area contributed by atoms with Crippen LogP contribution in [-0.2, 0) is 6.54 Å². The topological polar surface area (TPSA) is 21.3 Å². The average Bonchev–Trinajstić information content (AvgIpc) is 2.30. The van der Waals surface area contributed by atoms with Gasteiger partial charge in [0.15, 0.2) is 0 Å². The molecule has 90 valence electrons. The van der Waals surface area contributed by atoms with Gasteiger partial charge in [-0.15, -0.1) is 0 Å². The zero-order chi connectivity index (χ0) is 11.8. The van der Waals surface area contributed by atoms with Crippen LogP contribution in [0.15, 0.2) is 18.2 Å². The highest BCUT2D eigenvalue weighted by atomic mass is 32.2. The molecule has 0 saturated carbocycles. The zero-order valence-corrected chi connectivity index (χ0v) is 10.6. The highest BCUT2D eigenvalue weighted by Crippen LogP contribution is 2.15. The van der Waals surface area contributed by atoms with Crippen LogP contribution < -0.4 is 10.1 Å². The quantitative estimate of drug-likeness (QED) is 0.744. The van der Waals surface area contributed by atoms with Gasteiger partial charge in [-0.3, -0.25) is 0 Å². The van der Waals surface area contributed by atoms with E-state index < -0.39 is 0 Å². The Morgan fingerprint density at radius 2 is 2.25 bits per heavy atom. The molecule has 0 aliphatic rings. The summed E-state index contributed by atoms with van der Waals surface area (Å²) in [5.74, 6) is 1.48. The van der Waals surface area contributed by atoms with Crippen molar-refractivity contribution in [2.45, 2.75) is 13.0 Å². The third-order valence-corrected chi connectivity index (χ3v) is 2.97. The fourth-order valence-electron chi connectivity index (χ4n) is 1.36. The number of benzene rings is 1. The Hall–Kier alpha value is -0.740. The Morgan fingerprint density at radius 1 is 1.44 bits per heavy atom. The van der Waals surface area contributed by atoms with Crippen molar-refractivity contribution in [2.24, 2.45) is 0 Å². The first-order valence-electron chi connectivity index (χ1n) is 5.30. The van der Waals surface area contributed by atoms with E-state index in [0.717, 1.165) is 18.7 Å². The molecule has 0 aromatic heterocycles. The van der Waals surface area contributed by atoms with Gasteiger partial charge in [-0.05, 0) is 31.0 Å². The number of ether oxygens (including phenoxy) is 1. The number of thioether (sulfide) groups is 1. The molecule has 1 aromatic carbocycles. The van der Waals surface area contributed by atoms with E-state index in [1.165, 1.54) is 13.2 Å². The van der Waals surface area contributed by atoms with Crippen LogP contribution >= 0.6 is 11.8 Å². The normalized spacial score (nSPS) is 10.4. The van der Waals surface area contributed by atoms with E-state index in [1.54, 1.807) is 12.1 Å². The minimum Gasteiger partial charge on any atom is -0.497 e. The van der Waals surface area contributed by atoms with E-state index in [1.807, 2.05) is 11.8 Å². The van der Waals surface area contributed by atoms with Gasteiger partial charge >= 0.3 is 0 Å². The Morgan fingerprint density at radius 3 is 2.88 bits per heavy atom. The van der Waals surface area contributed by atoms with Crippen molar-refractivity contribution in [2.75, 3.05) is 25.7 Å². The van der Waals surface area contributed by atoms with E-state index in [9.17, 15) is 4.39 Å². The molecule has 1 N–H and O–H groups in total. The van der Waals surface area contributed by atoms with Crippen molar-refractivity contribution in [1.82, 2.24) is 5.32 Å². The molecule has 0 aliphatic carbocycles. The molecule has 4 heteroatoms. The SMILES string of the molecule is COc1ccc(CNCCCSC)c(F)c1. The van der Waals surface area contributed by atoms with Crippen LogP contribution in [0.5, 0.6) is 5.75 Å². The number of nitrogens with one attached hydrogen (secondary N) is 1. The van der Waals surface area contributed by atoms with Gasteiger partial charge in [0.05, 0.1) is 7.11 Å². The number of methoxy groups -OCH3 is 1. The molecule has 0 saturated heterocycles. The molecule has 0 atom stereocenters. The van der Waals surface area contributed by atoms with Gasteiger partial charge in [0, 0.05) is 18.2 Å². The van der Waals surface area contributed by atoms with E-state index >= 15 is 0 Å². The molecular weight excluding hydrogens is 225 g/mol. The molecule has 0 spiro atoms. The van der Waals surface area contributed by atoms with E-state index in [0.29, 0.717) is 17.9 Å². The Balaban J connectivity index is 2.36. The molecule has 1 rings (SSSR count). The van der Waals surface area contributed by atoms with Gasteiger partial charge < -0.3 is 10.1 Å². The van der Waals surface area contributed by atoms with Gasteiger partial charge in [-0.2, -0.15) is 11.8 Å². The second-order valence-electron chi connectivity index (χ2n) is 3.48. The van der Waals surface area contributed by atoms with Crippen LogP contribution in [0.2, 0.25) is 0 Å². The summed E-state index contributed by atoms with van der Waals surface area (Å²) in [5.41, 5.74) is 0.685. The number of halogens is 1. The fraction of sp³-hybridized carbons (Fsp3) is 0.500. The second kappa shape index (κ2) is 7.52. The van der Waals surface area contributed by atoms with Crippen molar-refractivity contribution in [3.63, 3.8) is 0 Å². The first-order chi connectivity index (χ1) is 7.77. The summed E-state index contributed by atoms with van der Waals surface area (Å²) in [5, 5.41) is 3.22. The third kappa shape index (κ3) is 4.41. The van der Waals surface area contributed by atoms with Crippen molar-refractivity contribution >= 4 is 11.8 Å². The van der Waals surface area contributed by atoms with Gasteiger partial charge in [0.25, 0.3) is 0 Å². The van der Waals surface area contributed by atoms with Gasteiger partial charge in [0.2, 0.25) is 0 Å². The Kier molecular flexibility index (Phi) is 6.26. The predicted molar refractivity (Wildman–Crippen MR) is 67.7 cm³/mol. The number of rotatable bonds is 7. The molecule has 16 heavy (non-hydrogen) atoms. The standard InChI is InChI=1S/C12H18FNOS/c1-15-11-5-4-10(12(13)8-11)9-14-6-3-7-16-2/h4-5,8,14H,3,6-7,9H2,1-2H3. The summed E-state index contributed by atoms with van der Waals surface area (Å²) in [6.45, 7) is 1.50. The molecule has 0 radical (unpaired) electrons. The summed E-state index contributed by atoms with van der Waals surface area (Å²) in [6.07, 6.45) is 3.20. The van der Waals surface area contributed by atoms with Gasteiger partial charge in [-0.25, -0.2) is 4.39 Å². The average molecular weight is 243 g/mol. The number of hydrogen-bond acceptors (Lipinski definition) is 3. The van der Waals surface area contributed by atoms with Crippen molar-refractivity contribution in [1.29, 1.82) is 0 Å². The lowest BCUT2D eigenvalue weighted by molar-refractivity contribution is 0.410. The van der Waals surface area contributed by atoms with E-state index in [4.69, 9.17) is 4.74 Å². The molecule has 0 heterocycles. The lowest BCUT2D eigenvalue weighted by atomic mass is 10.2. The van der Waals surface area contributed by atoms with Crippen molar-refractivity contribution in [3.8, 4) is 5.75 Å². The van der Waals surface area contributed by atoms with Crippen LogP contribution in [0, 0.1) is 5.82 Å². The monoisotopic (exact) mass is 243 g/mol.